The van der Waals surface area contributed by atoms with Crippen molar-refractivity contribution in [2.24, 2.45) is 0 Å². The molecule has 0 saturated heterocycles. The van der Waals surface area contributed by atoms with Gasteiger partial charge in [0.1, 0.15) is 14.6 Å². The minimum absolute atomic E-state index is 0.136. The van der Waals surface area contributed by atoms with Gasteiger partial charge in [-0.15, -0.1) is 34.8 Å². The van der Waals surface area contributed by atoms with Crippen molar-refractivity contribution in [2.75, 3.05) is 0 Å². The number of halogens is 3. The van der Waals surface area contributed by atoms with Gasteiger partial charge in [0.25, 0.3) is 0 Å². The van der Waals surface area contributed by atoms with E-state index in [1.54, 1.807) is 41.5 Å². The van der Waals surface area contributed by atoms with Crippen molar-refractivity contribution in [1.29, 1.82) is 0 Å². The van der Waals surface area contributed by atoms with Gasteiger partial charge in [-0.3, -0.25) is 14.4 Å². The molecule has 45 heavy (non-hydrogen) atoms. The van der Waals surface area contributed by atoms with Crippen molar-refractivity contribution in [2.45, 2.75) is 74.4 Å². The van der Waals surface area contributed by atoms with Crippen molar-refractivity contribution in [1.82, 2.24) is 0 Å². The normalized spacial score (nSPS) is 14.1. The maximum Gasteiger partial charge on any atom is 0.183 e. The third kappa shape index (κ3) is 6.54. The lowest BCUT2D eigenvalue weighted by Crippen LogP contribution is -2.32. The van der Waals surface area contributed by atoms with E-state index in [1.807, 2.05) is 78.9 Å². The van der Waals surface area contributed by atoms with Crippen molar-refractivity contribution in [3.05, 3.63) is 130 Å². The average molecular weight is 660 g/mol. The fourth-order valence-electron chi connectivity index (χ4n) is 6.31. The summed E-state index contributed by atoms with van der Waals surface area (Å²) in [5.41, 5.74) is 7.55. The summed E-state index contributed by atoms with van der Waals surface area (Å²) in [7, 11) is 0. The molecule has 6 heteroatoms. The number of carbonyl (C=O) groups excluding carboxylic acids is 3. The van der Waals surface area contributed by atoms with Gasteiger partial charge in [0.05, 0.1) is 0 Å². The van der Waals surface area contributed by atoms with Crippen LogP contribution < -0.4 is 0 Å². The largest absolute Gasteiger partial charge is 0.292 e. The van der Waals surface area contributed by atoms with Crippen molar-refractivity contribution < 1.29 is 14.4 Å². The van der Waals surface area contributed by atoms with Crippen LogP contribution in [0.25, 0.3) is 11.1 Å². The highest BCUT2D eigenvalue weighted by Crippen LogP contribution is 2.53. The molecule has 0 atom stereocenters. The molecule has 1 aliphatic carbocycles. The summed E-state index contributed by atoms with van der Waals surface area (Å²) in [4.78, 5) is 36.1. The Hall–Kier alpha value is -3.24. The van der Waals surface area contributed by atoms with E-state index in [-0.39, 0.29) is 17.3 Å². The summed E-state index contributed by atoms with van der Waals surface area (Å²) in [5, 5.41) is 0. The Bertz CT molecular complexity index is 1710. The molecule has 0 saturated carbocycles. The predicted molar refractivity (Wildman–Crippen MR) is 186 cm³/mol. The van der Waals surface area contributed by atoms with Gasteiger partial charge in [-0.1, -0.05) is 84.9 Å². The minimum atomic E-state index is -1.06. The fourth-order valence-corrected chi connectivity index (χ4v) is 6.64. The van der Waals surface area contributed by atoms with Gasteiger partial charge in [-0.05, 0) is 93.8 Å². The van der Waals surface area contributed by atoms with E-state index in [0.29, 0.717) is 29.5 Å². The van der Waals surface area contributed by atoms with Gasteiger partial charge in [0, 0.05) is 22.1 Å². The van der Waals surface area contributed by atoms with Crippen molar-refractivity contribution in [3.63, 3.8) is 0 Å². The first-order valence-corrected chi connectivity index (χ1v) is 16.2. The van der Waals surface area contributed by atoms with E-state index in [0.717, 1.165) is 33.4 Å². The maximum absolute atomic E-state index is 13.4. The van der Waals surface area contributed by atoms with Gasteiger partial charge in [0.2, 0.25) is 0 Å². The minimum Gasteiger partial charge on any atom is -0.292 e. The number of ketones is 3. The second kappa shape index (κ2) is 11.8. The number of Topliss-reactive ketones (excluding diaryl/α,β-unsaturated/α-hetero) is 3. The lowest BCUT2D eigenvalue weighted by atomic mass is 9.69. The molecule has 1 aliphatic rings. The van der Waals surface area contributed by atoms with Crippen LogP contribution in [-0.4, -0.2) is 32.0 Å². The van der Waals surface area contributed by atoms with E-state index in [9.17, 15) is 14.4 Å². The number of hydrogen-bond acceptors (Lipinski definition) is 3. The molecular formula is C39H37Cl3O3. The molecule has 0 N–H and O–H groups in total. The highest BCUT2D eigenvalue weighted by atomic mass is 35.5. The van der Waals surface area contributed by atoms with Gasteiger partial charge >= 0.3 is 0 Å². The zero-order valence-electron chi connectivity index (χ0n) is 26.4. The molecule has 5 rings (SSSR count). The number of rotatable bonds is 10. The first-order valence-electron chi connectivity index (χ1n) is 15.1. The summed E-state index contributed by atoms with van der Waals surface area (Å²) in [5.74, 6) is -0.415. The number of benzene rings is 4. The molecule has 4 aromatic carbocycles. The van der Waals surface area contributed by atoms with Gasteiger partial charge in [-0.25, -0.2) is 0 Å². The summed E-state index contributed by atoms with van der Waals surface area (Å²) in [6.45, 7) is 10.2. The van der Waals surface area contributed by atoms with Crippen LogP contribution in [0.4, 0.5) is 0 Å². The van der Waals surface area contributed by atoms with Crippen LogP contribution in [-0.2, 0) is 18.3 Å². The van der Waals surface area contributed by atoms with Gasteiger partial charge < -0.3 is 0 Å². The zero-order chi connectivity index (χ0) is 32.9. The third-order valence-electron chi connectivity index (χ3n) is 8.59. The van der Waals surface area contributed by atoms with E-state index < -0.39 is 20.0 Å². The molecule has 0 spiro atoms. The first kappa shape index (κ1) is 33.1. The Balaban J connectivity index is 1.67. The smallest absolute Gasteiger partial charge is 0.183 e. The Kier molecular flexibility index (Phi) is 8.72. The highest BCUT2D eigenvalue weighted by molar-refractivity contribution is 6.38. The first-order chi connectivity index (χ1) is 20.9. The van der Waals surface area contributed by atoms with Gasteiger partial charge in [-0.2, -0.15) is 0 Å². The number of alkyl halides is 3. The summed E-state index contributed by atoms with van der Waals surface area (Å²) >= 11 is 19.2. The van der Waals surface area contributed by atoms with E-state index in [4.69, 9.17) is 34.8 Å². The standard InChI is InChI=1S/C39H37Cl3O3/c1-36(2,40)33(43)26-15-11-24(12-16-26)22-39(23-25-13-17-27(18-14-25)34(44)37(3,4)41)31-10-8-7-9-29(31)30-20-19-28(21-32(30)39)35(45)38(5,6)42/h7-21H,22-23H2,1-6H3. The van der Waals surface area contributed by atoms with Crippen LogP contribution in [0.2, 0.25) is 0 Å². The number of hydrogen-bond donors (Lipinski definition) is 0. The molecule has 0 aromatic heterocycles. The van der Waals surface area contributed by atoms with Crippen LogP contribution >= 0.6 is 34.8 Å². The number of carbonyl (C=O) groups is 3. The molecule has 0 bridgehead atoms. The molecule has 4 aromatic rings. The van der Waals surface area contributed by atoms with Crippen LogP contribution in [0.5, 0.6) is 0 Å². The van der Waals surface area contributed by atoms with Crippen LogP contribution in [0.3, 0.4) is 0 Å². The fraction of sp³-hybridized carbons (Fsp3) is 0.308. The van der Waals surface area contributed by atoms with Crippen LogP contribution in [0, 0.1) is 0 Å². The third-order valence-corrected chi connectivity index (χ3v) is 9.11. The SMILES string of the molecule is CC(C)(Cl)C(=O)c1ccc(CC2(Cc3ccc(C(=O)C(C)(C)Cl)cc3)c3ccccc3-c3ccc(C(=O)C(C)(C)Cl)cc32)cc1. The molecule has 0 heterocycles. The maximum atomic E-state index is 13.4. The lowest BCUT2D eigenvalue weighted by Gasteiger charge is -2.33. The molecule has 0 unspecified atom stereocenters. The predicted octanol–water partition coefficient (Wildman–Crippen LogP) is 10.0. The number of fused-ring (bicyclic) bond motifs is 3. The molecule has 3 nitrogen and oxygen atoms in total. The highest BCUT2D eigenvalue weighted by Gasteiger charge is 2.44. The van der Waals surface area contributed by atoms with E-state index >= 15 is 0 Å². The summed E-state index contributed by atoms with van der Waals surface area (Å²) in [6, 6.07) is 29.5. The molecule has 232 valence electrons. The topological polar surface area (TPSA) is 51.2 Å². The van der Waals surface area contributed by atoms with Gasteiger partial charge in [0.15, 0.2) is 17.3 Å². The quantitative estimate of drug-likeness (QED) is 0.126. The van der Waals surface area contributed by atoms with Crippen molar-refractivity contribution in [3.8, 4) is 11.1 Å². The Labute approximate surface area is 280 Å². The Morgan fingerprint density at radius 2 is 0.889 bits per heavy atom. The van der Waals surface area contributed by atoms with Crippen LogP contribution in [0.1, 0.15) is 94.9 Å². The molecular weight excluding hydrogens is 623 g/mol. The molecule has 0 amide bonds. The monoisotopic (exact) mass is 658 g/mol. The average Bonchev–Trinajstić information content (AvgIpc) is 3.24. The summed E-state index contributed by atoms with van der Waals surface area (Å²) < 4.78 is 0. The zero-order valence-corrected chi connectivity index (χ0v) is 28.7. The Morgan fingerprint density at radius 3 is 1.33 bits per heavy atom. The van der Waals surface area contributed by atoms with E-state index in [1.165, 1.54) is 0 Å². The molecule has 0 aliphatic heterocycles. The second-order valence-corrected chi connectivity index (χ2v) is 16.4. The van der Waals surface area contributed by atoms with E-state index in [2.05, 4.69) is 12.1 Å². The van der Waals surface area contributed by atoms with Crippen molar-refractivity contribution >= 4 is 52.2 Å². The summed E-state index contributed by atoms with van der Waals surface area (Å²) in [6.07, 6.45) is 1.21. The second-order valence-electron chi connectivity index (χ2n) is 13.5. The lowest BCUT2D eigenvalue weighted by molar-refractivity contribution is 0.0947. The molecule has 0 radical (unpaired) electrons. The molecule has 0 fully saturated rings. The Morgan fingerprint density at radius 1 is 0.511 bits per heavy atom. The van der Waals surface area contributed by atoms with Crippen LogP contribution in [0.15, 0.2) is 91.0 Å².